The molecule has 0 spiro atoms. The standard InChI is InChI=1S/C24H23ClF5N3O4/c25-16-4-5-18-15(9-16)10-19(37-18)24(29,30)22(35)32-17(12-33-7-1-2-8-33)21(34)14-3-6-20(31-11-14)36-13-23(26,27)28/h3-6,9-11,17,21,34H,1-2,7-8,12-13H2,(H,32,35)/t17-,21-/m1/s1. The summed E-state index contributed by atoms with van der Waals surface area (Å²) in [5.41, 5.74) is 0.227. The highest BCUT2D eigenvalue weighted by molar-refractivity contribution is 6.31. The number of nitrogens with zero attached hydrogens (tertiary/aromatic N) is 2. The molecular formula is C24H23ClF5N3O4. The van der Waals surface area contributed by atoms with Gasteiger partial charge in [0.15, 0.2) is 12.4 Å². The van der Waals surface area contributed by atoms with Crippen molar-refractivity contribution in [1.29, 1.82) is 0 Å². The third kappa shape index (κ3) is 6.68. The number of hydrogen-bond acceptors (Lipinski definition) is 6. The van der Waals surface area contributed by atoms with Crippen LogP contribution in [0.5, 0.6) is 5.88 Å². The normalized spacial score (nSPS) is 16.6. The number of aliphatic hydroxyl groups excluding tert-OH is 1. The SMILES string of the molecule is O=C(N[C@H](CN1CCCC1)[C@H](O)c1ccc(OCC(F)(F)F)nc1)C(F)(F)c1cc2cc(Cl)ccc2o1. The van der Waals surface area contributed by atoms with Gasteiger partial charge >= 0.3 is 12.1 Å². The Morgan fingerprint density at radius 1 is 1.16 bits per heavy atom. The van der Waals surface area contributed by atoms with Crippen molar-refractivity contribution in [2.24, 2.45) is 0 Å². The van der Waals surface area contributed by atoms with Crippen molar-refractivity contribution < 1.29 is 41.0 Å². The smallest absolute Gasteiger partial charge is 0.422 e. The van der Waals surface area contributed by atoms with Crippen LogP contribution in [0, 0.1) is 0 Å². The molecule has 0 aliphatic carbocycles. The fraction of sp³-hybridized carbons (Fsp3) is 0.417. The van der Waals surface area contributed by atoms with E-state index in [0.29, 0.717) is 23.5 Å². The molecule has 3 heterocycles. The van der Waals surface area contributed by atoms with E-state index >= 15 is 8.78 Å². The van der Waals surface area contributed by atoms with Crippen molar-refractivity contribution in [2.75, 3.05) is 26.2 Å². The number of aromatic nitrogens is 1. The first-order valence-corrected chi connectivity index (χ1v) is 11.7. The lowest BCUT2D eigenvalue weighted by Gasteiger charge is -2.29. The summed E-state index contributed by atoms with van der Waals surface area (Å²) in [5.74, 6) is -6.96. The first-order valence-electron chi connectivity index (χ1n) is 11.4. The van der Waals surface area contributed by atoms with Crippen LogP contribution >= 0.6 is 11.6 Å². The summed E-state index contributed by atoms with van der Waals surface area (Å²) in [6.45, 7) is -0.172. The average molecular weight is 548 g/mol. The van der Waals surface area contributed by atoms with Gasteiger partial charge in [-0.15, -0.1) is 0 Å². The summed E-state index contributed by atoms with van der Waals surface area (Å²) < 4.78 is 77.0. The van der Waals surface area contributed by atoms with Gasteiger partial charge in [-0.25, -0.2) is 4.98 Å². The van der Waals surface area contributed by atoms with E-state index in [1.165, 1.54) is 24.3 Å². The Bertz CT molecular complexity index is 1230. The van der Waals surface area contributed by atoms with E-state index in [-0.39, 0.29) is 23.6 Å². The topological polar surface area (TPSA) is 87.8 Å². The van der Waals surface area contributed by atoms with Crippen molar-refractivity contribution in [3.05, 3.63) is 58.9 Å². The number of furan rings is 1. The molecule has 1 aromatic carbocycles. The molecule has 1 aliphatic heterocycles. The number of fused-ring (bicyclic) bond motifs is 1. The number of carbonyl (C=O) groups excluding carboxylic acids is 1. The predicted octanol–water partition coefficient (Wildman–Crippen LogP) is 4.83. The molecular weight excluding hydrogens is 525 g/mol. The fourth-order valence-corrected chi connectivity index (χ4v) is 4.23. The van der Waals surface area contributed by atoms with Gasteiger partial charge < -0.3 is 24.5 Å². The predicted molar refractivity (Wildman–Crippen MR) is 123 cm³/mol. The van der Waals surface area contributed by atoms with Crippen LogP contribution in [-0.2, 0) is 10.7 Å². The van der Waals surface area contributed by atoms with Gasteiger partial charge in [-0.05, 0) is 56.3 Å². The highest BCUT2D eigenvalue weighted by Gasteiger charge is 2.46. The monoisotopic (exact) mass is 547 g/mol. The molecule has 4 rings (SSSR count). The Hall–Kier alpha value is -2.96. The minimum absolute atomic E-state index is 0.0606. The summed E-state index contributed by atoms with van der Waals surface area (Å²) in [4.78, 5) is 18.4. The Labute approximate surface area is 213 Å². The molecule has 3 aromatic rings. The molecule has 37 heavy (non-hydrogen) atoms. The molecule has 0 unspecified atom stereocenters. The van der Waals surface area contributed by atoms with Crippen LogP contribution in [0.3, 0.4) is 0 Å². The number of halogens is 6. The molecule has 0 saturated carbocycles. The lowest BCUT2D eigenvalue weighted by atomic mass is 10.0. The second kappa shape index (κ2) is 10.8. The highest BCUT2D eigenvalue weighted by Crippen LogP contribution is 2.34. The fourth-order valence-electron chi connectivity index (χ4n) is 4.05. The molecule has 1 amide bonds. The van der Waals surface area contributed by atoms with Crippen molar-refractivity contribution in [3.63, 3.8) is 0 Å². The maximum atomic E-state index is 15.1. The first kappa shape index (κ1) is 27.1. The average Bonchev–Trinajstić information content (AvgIpc) is 3.51. The summed E-state index contributed by atoms with van der Waals surface area (Å²) in [5, 5.41) is 13.8. The number of alkyl halides is 5. The van der Waals surface area contributed by atoms with Crippen LogP contribution in [0.25, 0.3) is 11.0 Å². The van der Waals surface area contributed by atoms with E-state index in [4.69, 9.17) is 16.0 Å². The van der Waals surface area contributed by atoms with E-state index in [9.17, 15) is 23.1 Å². The number of carbonyl (C=O) groups is 1. The van der Waals surface area contributed by atoms with E-state index in [2.05, 4.69) is 15.0 Å². The number of benzene rings is 1. The number of hydrogen-bond donors (Lipinski definition) is 2. The number of likely N-dealkylation sites (tertiary alicyclic amines) is 1. The van der Waals surface area contributed by atoms with Crippen molar-refractivity contribution in [3.8, 4) is 5.88 Å². The van der Waals surface area contributed by atoms with Crippen LogP contribution in [0.15, 0.2) is 47.0 Å². The molecule has 200 valence electrons. The number of rotatable bonds is 9. The summed E-state index contributed by atoms with van der Waals surface area (Å²) in [6.07, 6.45) is -3.22. The van der Waals surface area contributed by atoms with Gasteiger partial charge in [0.1, 0.15) is 11.7 Å². The summed E-state index contributed by atoms with van der Waals surface area (Å²) >= 11 is 5.89. The molecule has 0 bridgehead atoms. The molecule has 2 atom stereocenters. The molecule has 2 N–H and O–H groups in total. The maximum absolute atomic E-state index is 15.1. The highest BCUT2D eigenvalue weighted by atomic mass is 35.5. The molecule has 13 heteroatoms. The van der Waals surface area contributed by atoms with Crippen LogP contribution in [0.4, 0.5) is 22.0 Å². The number of nitrogens with one attached hydrogen (secondary N) is 1. The van der Waals surface area contributed by atoms with Crippen LogP contribution < -0.4 is 10.1 Å². The largest absolute Gasteiger partial charge is 0.468 e. The number of aliphatic hydroxyl groups is 1. The van der Waals surface area contributed by atoms with Crippen LogP contribution in [-0.4, -0.2) is 59.4 Å². The number of amides is 1. The van der Waals surface area contributed by atoms with Gasteiger partial charge in [-0.1, -0.05) is 11.6 Å². The molecule has 0 radical (unpaired) electrons. The second-order valence-electron chi connectivity index (χ2n) is 8.73. The van der Waals surface area contributed by atoms with Gasteiger partial charge in [-0.3, -0.25) is 4.79 Å². The zero-order chi connectivity index (χ0) is 26.8. The van der Waals surface area contributed by atoms with Crippen LogP contribution in [0.2, 0.25) is 5.02 Å². The quantitative estimate of drug-likeness (QED) is 0.373. The Balaban J connectivity index is 1.52. The van der Waals surface area contributed by atoms with E-state index in [1.807, 2.05) is 4.90 Å². The van der Waals surface area contributed by atoms with Gasteiger partial charge in [-0.2, -0.15) is 22.0 Å². The lowest BCUT2D eigenvalue weighted by Crippen LogP contribution is -2.50. The van der Waals surface area contributed by atoms with Gasteiger partial charge in [0.25, 0.3) is 5.91 Å². The number of pyridine rings is 1. The van der Waals surface area contributed by atoms with E-state index < -0.39 is 42.5 Å². The summed E-state index contributed by atoms with van der Waals surface area (Å²) in [6, 6.07) is 6.51. The minimum Gasteiger partial charge on any atom is -0.468 e. The van der Waals surface area contributed by atoms with Crippen molar-refractivity contribution in [2.45, 2.75) is 37.1 Å². The lowest BCUT2D eigenvalue weighted by molar-refractivity contribution is -0.154. The van der Waals surface area contributed by atoms with Gasteiger partial charge in [0, 0.05) is 34.8 Å². The Morgan fingerprint density at radius 3 is 2.54 bits per heavy atom. The third-order valence-corrected chi connectivity index (χ3v) is 6.14. The molecule has 1 saturated heterocycles. The minimum atomic E-state index is -4.55. The maximum Gasteiger partial charge on any atom is 0.422 e. The molecule has 2 aromatic heterocycles. The zero-order valence-corrected chi connectivity index (χ0v) is 20.0. The summed E-state index contributed by atoms with van der Waals surface area (Å²) in [7, 11) is 0. The zero-order valence-electron chi connectivity index (χ0n) is 19.3. The van der Waals surface area contributed by atoms with E-state index in [0.717, 1.165) is 31.2 Å². The molecule has 1 aliphatic rings. The van der Waals surface area contributed by atoms with Crippen LogP contribution in [0.1, 0.15) is 30.3 Å². The van der Waals surface area contributed by atoms with Gasteiger partial charge in [0.2, 0.25) is 5.88 Å². The Morgan fingerprint density at radius 2 is 1.89 bits per heavy atom. The number of ether oxygens (including phenoxy) is 1. The van der Waals surface area contributed by atoms with Crippen molar-refractivity contribution >= 4 is 28.5 Å². The Kier molecular flexibility index (Phi) is 7.91. The van der Waals surface area contributed by atoms with Gasteiger partial charge in [0.05, 0.1) is 6.04 Å². The molecule has 7 nitrogen and oxygen atoms in total. The van der Waals surface area contributed by atoms with E-state index in [1.54, 1.807) is 0 Å². The molecule has 1 fully saturated rings. The van der Waals surface area contributed by atoms with Crippen molar-refractivity contribution in [1.82, 2.24) is 15.2 Å². The first-order chi connectivity index (χ1) is 17.4. The second-order valence-corrected chi connectivity index (χ2v) is 9.17. The third-order valence-electron chi connectivity index (χ3n) is 5.91.